The molecule has 4 saturated heterocycles. The summed E-state index contributed by atoms with van der Waals surface area (Å²) in [5.41, 5.74) is 1.93. The molecule has 2 N–H and O–H groups in total. The molecule has 3 aromatic carbocycles. The van der Waals surface area contributed by atoms with E-state index in [0.29, 0.717) is 47.4 Å². The first-order chi connectivity index (χ1) is 20.9. The van der Waals surface area contributed by atoms with Gasteiger partial charge in [0.05, 0.1) is 5.54 Å². The van der Waals surface area contributed by atoms with Crippen molar-refractivity contribution in [1.82, 2.24) is 20.2 Å². The number of hydrogen-bond donors (Lipinski definition) is 2. The molecule has 0 amide bonds. The number of rotatable bonds is 6. The van der Waals surface area contributed by atoms with Gasteiger partial charge < -0.3 is 20.1 Å². The van der Waals surface area contributed by atoms with Crippen molar-refractivity contribution in [2.45, 2.75) is 69.2 Å². The molecule has 43 heavy (non-hydrogen) atoms. The Morgan fingerprint density at radius 3 is 2.72 bits per heavy atom. The largest absolute Gasteiger partial charge is 0.508 e. The Bertz CT molecular complexity index is 1720. The van der Waals surface area contributed by atoms with Crippen LogP contribution < -0.4 is 15.0 Å². The molecule has 0 spiro atoms. The molecular weight excluding hydrogens is 548 g/mol. The Balaban J connectivity index is 1.26. The molecule has 0 saturated carbocycles. The summed E-state index contributed by atoms with van der Waals surface area (Å²) in [4.78, 5) is 14.0. The van der Waals surface area contributed by atoms with Crippen molar-refractivity contribution in [3.63, 3.8) is 0 Å². The molecule has 4 atom stereocenters. The van der Waals surface area contributed by atoms with Crippen LogP contribution in [0.3, 0.4) is 0 Å². The maximum Gasteiger partial charge on any atom is 0.319 e. The second kappa shape index (κ2) is 10.3. The molecule has 0 aliphatic carbocycles. The molecule has 4 aliphatic rings. The standard InChI is InChI=1S/C34H37F2N5O2/c1-2-20-5-3-6-21-13-25(42)14-28(29(20)21)26-9-10-27-31(30(26)36)38-33(39-32(27)40-17-23-7-8-24(18-40)37-23)43-19-34-11-4-12-41(34)16-22(35)15-34/h3,5-6,9-10,13-14,22-24,37,42H,2,4,7-8,11-12,15-19H2,1H3/t22-,23-,24+,34+/m1/s1. The minimum absolute atomic E-state index is 0.0852. The van der Waals surface area contributed by atoms with Crippen molar-refractivity contribution in [3.8, 4) is 22.9 Å². The van der Waals surface area contributed by atoms with Crippen LogP contribution >= 0.6 is 0 Å². The van der Waals surface area contributed by atoms with E-state index in [1.54, 1.807) is 18.2 Å². The number of fused-ring (bicyclic) bond motifs is 5. The first-order valence-corrected chi connectivity index (χ1v) is 15.7. The molecule has 1 aromatic heterocycles. The highest BCUT2D eigenvalue weighted by Gasteiger charge is 2.49. The zero-order chi connectivity index (χ0) is 29.3. The zero-order valence-corrected chi connectivity index (χ0v) is 24.5. The summed E-state index contributed by atoms with van der Waals surface area (Å²) in [6, 6.07) is 13.9. The van der Waals surface area contributed by atoms with E-state index in [-0.39, 0.29) is 29.4 Å². The number of phenolic OH excluding ortho intramolecular Hbond substituents is 1. The van der Waals surface area contributed by atoms with Gasteiger partial charge in [0, 0.05) is 49.1 Å². The molecule has 4 aromatic rings. The molecule has 224 valence electrons. The average molecular weight is 586 g/mol. The van der Waals surface area contributed by atoms with Gasteiger partial charge in [-0.2, -0.15) is 9.97 Å². The van der Waals surface area contributed by atoms with Crippen molar-refractivity contribution in [1.29, 1.82) is 0 Å². The van der Waals surface area contributed by atoms with Gasteiger partial charge >= 0.3 is 6.01 Å². The number of hydrogen-bond acceptors (Lipinski definition) is 7. The van der Waals surface area contributed by atoms with Gasteiger partial charge in [0.15, 0.2) is 5.82 Å². The fraction of sp³-hybridized carbons (Fsp3) is 0.471. The van der Waals surface area contributed by atoms with Crippen molar-refractivity contribution in [3.05, 3.63) is 53.8 Å². The number of nitrogens with one attached hydrogen (secondary N) is 1. The Kier molecular flexibility index (Phi) is 6.45. The molecule has 9 heteroatoms. The fourth-order valence-electron chi connectivity index (χ4n) is 8.25. The van der Waals surface area contributed by atoms with E-state index in [4.69, 9.17) is 9.72 Å². The van der Waals surface area contributed by atoms with Gasteiger partial charge in [-0.25, -0.2) is 8.78 Å². The van der Waals surface area contributed by atoms with Gasteiger partial charge in [-0.1, -0.05) is 31.2 Å². The van der Waals surface area contributed by atoms with Crippen LogP contribution in [0.4, 0.5) is 14.6 Å². The zero-order valence-electron chi connectivity index (χ0n) is 24.5. The molecular formula is C34H37F2N5O2. The number of aromatic hydroxyl groups is 1. The van der Waals surface area contributed by atoms with E-state index in [0.717, 1.165) is 68.1 Å². The third-order valence-corrected chi connectivity index (χ3v) is 10.2. The van der Waals surface area contributed by atoms with Crippen molar-refractivity contribution in [2.24, 2.45) is 0 Å². The third-order valence-electron chi connectivity index (χ3n) is 10.2. The van der Waals surface area contributed by atoms with Gasteiger partial charge in [-0.15, -0.1) is 0 Å². The number of alkyl halides is 1. The lowest BCUT2D eigenvalue weighted by molar-refractivity contribution is 0.107. The quantitative estimate of drug-likeness (QED) is 0.298. The Morgan fingerprint density at radius 2 is 1.91 bits per heavy atom. The van der Waals surface area contributed by atoms with Gasteiger partial charge in [0.1, 0.15) is 29.9 Å². The molecule has 4 fully saturated rings. The van der Waals surface area contributed by atoms with Gasteiger partial charge in [-0.05, 0) is 78.7 Å². The topological polar surface area (TPSA) is 73.8 Å². The Hall–Kier alpha value is -3.56. The highest BCUT2D eigenvalue weighted by molar-refractivity contribution is 6.03. The lowest BCUT2D eigenvalue weighted by Crippen LogP contribution is -2.51. The highest BCUT2D eigenvalue weighted by Crippen LogP contribution is 2.42. The monoisotopic (exact) mass is 585 g/mol. The molecule has 4 aliphatic heterocycles. The minimum Gasteiger partial charge on any atom is -0.508 e. The fourth-order valence-corrected chi connectivity index (χ4v) is 8.25. The van der Waals surface area contributed by atoms with Crippen LogP contribution in [0.25, 0.3) is 32.8 Å². The van der Waals surface area contributed by atoms with Crippen LogP contribution in [0.15, 0.2) is 42.5 Å². The number of nitrogens with zero attached hydrogens (tertiary/aromatic N) is 4. The van der Waals surface area contributed by atoms with E-state index in [1.165, 1.54) is 0 Å². The smallest absolute Gasteiger partial charge is 0.319 e. The summed E-state index contributed by atoms with van der Waals surface area (Å²) in [5.74, 6) is 0.295. The average Bonchev–Trinajstić information content (AvgIpc) is 3.65. The normalized spacial score (nSPS) is 27.0. The summed E-state index contributed by atoms with van der Waals surface area (Å²) in [6.45, 7) is 5.22. The van der Waals surface area contributed by atoms with E-state index < -0.39 is 12.0 Å². The van der Waals surface area contributed by atoms with Crippen LogP contribution in [-0.2, 0) is 6.42 Å². The number of aromatic nitrogens is 2. The minimum atomic E-state index is -0.863. The second-order valence-corrected chi connectivity index (χ2v) is 12.9. The van der Waals surface area contributed by atoms with Crippen molar-refractivity contribution >= 4 is 27.5 Å². The lowest BCUT2D eigenvalue weighted by Gasteiger charge is -2.34. The highest BCUT2D eigenvalue weighted by atomic mass is 19.1. The molecule has 0 radical (unpaired) electrons. The number of halogens is 2. The van der Waals surface area contributed by atoms with Crippen LogP contribution in [0.2, 0.25) is 0 Å². The molecule has 5 heterocycles. The van der Waals surface area contributed by atoms with Gasteiger partial charge in [0.25, 0.3) is 0 Å². The van der Waals surface area contributed by atoms with Crippen LogP contribution in [0.1, 0.15) is 44.6 Å². The van der Waals surface area contributed by atoms with Gasteiger partial charge in [-0.3, -0.25) is 4.90 Å². The van der Waals surface area contributed by atoms with Crippen molar-refractivity contribution < 1.29 is 18.6 Å². The first-order valence-electron chi connectivity index (χ1n) is 15.7. The Labute approximate surface area is 249 Å². The number of anilines is 1. The van der Waals surface area contributed by atoms with Crippen LogP contribution in [0.5, 0.6) is 11.8 Å². The summed E-state index contributed by atoms with van der Waals surface area (Å²) in [6.07, 6.45) is 4.46. The molecule has 7 nitrogen and oxygen atoms in total. The molecule has 2 bridgehead atoms. The predicted molar refractivity (Wildman–Crippen MR) is 164 cm³/mol. The lowest BCUT2D eigenvalue weighted by atomic mass is 9.92. The maximum absolute atomic E-state index is 16.8. The number of piperazine rings is 1. The number of phenols is 1. The molecule has 0 unspecified atom stereocenters. The Morgan fingerprint density at radius 1 is 1.07 bits per heavy atom. The third kappa shape index (κ3) is 4.51. The SMILES string of the molecule is CCc1cccc2cc(O)cc(-c3ccc4c(N5C[C@H]6CC[C@@H](C5)N6)nc(OC[C@@]56CCCN5C[C@H](F)C6)nc4c3F)c12. The summed E-state index contributed by atoms with van der Waals surface area (Å²) >= 11 is 0. The predicted octanol–water partition coefficient (Wildman–Crippen LogP) is 5.75. The van der Waals surface area contributed by atoms with E-state index in [1.807, 2.05) is 24.3 Å². The number of benzene rings is 3. The number of ether oxygens (including phenoxy) is 1. The van der Waals surface area contributed by atoms with Gasteiger partial charge in [0.2, 0.25) is 0 Å². The maximum atomic E-state index is 16.8. The molecule has 8 rings (SSSR count). The van der Waals surface area contributed by atoms with E-state index in [9.17, 15) is 9.50 Å². The summed E-state index contributed by atoms with van der Waals surface area (Å²) < 4.78 is 37.6. The first kappa shape index (κ1) is 27.0. The summed E-state index contributed by atoms with van der Waals surface area (Å²) in [7, 11) is 0. The van der Waals surface area contributed by atoms with E-state index >= 15 is 4.39 Å². The van der Waals surface area contributed by atoms with Crippen LogP contribution in [0, 0.1) is 5.82 Å². The second-order valence-electron chi connectivity index (χ2n) is 12.9. The van der Waals surface area contributed by atoms with Crippen molar-refractivity contribution in [2.75, 3.05) is 37.7 Å². The number of aryl methyl sites for hydroxylation is 1. The summed E-state index contributed by atoms with van der Waals surface area (Å²) in [5, 5.41) is 16.7. The van der Waals surface area contributed by atoms with E-state index in [2.05, 4.69) is 27.0 Å². The van der Waals surface area contributed by atoms with Crippen LogP contribution in [-0.4, -0.2) is 76.6 Å².